The molecule has 0 atom stereocenters. The molecule has 0 aromatic rings. The van der Waals surface area contributed by atoms with Gasteiger partial charge in [-0.1, -0.05) is 58.1 Å². The van der Waals surface area contributed by atoms with Crippen LogP contribution in [0.1, 0.15) is 57.8 Å². The fourth-order valence-corrected chi connectivity index (χ4v) is 1.32. The lowest BCUT2D eigenvalue weighted by atomic mass is 10.1. The summed E-state index contributed by atoms with van der Waals surface area (Å²) in [5, 5.41) is 0. The van der Waals surface area contributed by atoms with Gasteiger partial charge in [-0.3, -0.25) is 0 Å². The molecule has 2 radical (unpaired) electrons. The van der Waals surface area contributed by atoms with Crippen molar-refractivity contribution in [2.75, 3.05) is 0 Å². The number of hydrogen-bond acceptors (Lipinski definition) is 0. The molecule has 0 fully saturated rings. The summed E-state index contributed by atoms with van der Waals surface area (Å²) in [4.78, 5) is 0. The second-order valence-electron chi connectivity index (χ2n) is 3.52. The lowest BCUT2D eigenvalue weighted by Gasteiger charge is -1.97. The van der Waals surface area contributed by atoms with Gasteiger partial charge in [0.05, 0.1) is 0 Å². The van der Waals surface area contributed by atoms with Crippen LogP contribution in [0.4, 0.5) is 0 Å². The van der Waals surface area contributed by atoms with Gasteiger partial charge in [-0.2, -0.15) is 0 Å². The number of rotatable bonds is 9. The summed E-state index contributed by atoms with van der Waals surface area (Å²) in [5.74, 6) is 0. The normalized spacial score (nSPS) is 11.2. The average molecular weight is 180 g/mol. The van der Waals surface area contributed by atoms with E-state index in [1.165, 1.54) is 38.5 Å². The molecule has 0 nitrogen and oxygen atoms in total. The summed E-state index contributed by atoms with van der Waals surface area (Å²) in [6.45, 7) is 7.63. The van der Waals surface area contributed by atoms with Gasteiger partial charge in [0.15, 0.2) is 0 Å². The SMILES string of the molecule is [CH2]CCC=CCCCCCCC[CH2]. The first-order valence-corrected chi connectivity index (χ1v) is 5.65. The summed E-state index contributed by atoms with van der Waals surface area (Å²) in [7, 11) is 0. The molecular formula is C13H24. The molecule has 0 aromatic heterocycles. The van der Waals surface area contributed by atoms with Gasteiger partial charge in [0.25, 0.3) is 0 Å². The van der Waals surface area contributed by atoms with Crippen molar-refractivity contribution in [2.24, 2.45) is 0 Å². The first kappa shape index (κ1) is 12.7. The van der Waals surface area contributed by atoms with E-state index < -0.39 is 0 Å². The van der Waals surface area contributed by atoms with Crippen LogP contribution in [0.5, 0.6) is 0 Å². The van der Waals surface area contributed by atoms with Gasteiger partial charge in [0.2, 0.25) is 0 Å². The van der Waals surface area contributed by atoms with Crippen LogP contribution < -0.4 is 0 Å². The largest absolute Gasteiger partial charge is 0.0885 e. The summed E-state index contributed by atoms with van der Waals surface area (Å²) >= 11 is 0. The van der Waals surface area contributed by atoms with Crippen molar-refractivity contribution in [1.29, 1.82) is 0 Å². The maximum atomic E-state index is 3.84. The molecule has 0 aromatic carbocycles. The maximum Gasteiger partial charge on any atom is -0.0351 e. The van der Waals surface area contributed by atoms with E-state index in [1.807, 2.05) is 0 Å². The summed E-state index contributed by atoms with van der Waals surface area (Å²) in [6.07, 6.45) is 15.9. The lowest BCUT2D eigenvalue weighted by molar-refractivity contribution is 0.621. The Morgan fingerprint density at radius 1 is 0.615 bits per heavy atom. The van der Waals surface area contributed by atoms with Gasteiger partial charge >= 0.3 is 0 Å². The van der Waals surface area contributed by atoms with Crippen LogP contribution in [0, 0.1) is 13.8 Å². The smallest absolute Gasteiger partial charge is 0.0351 e. The fraction of sp³-hybridized carbons (Fsp3) is 0.692. The number of allylic oxidation sites excluding steroid dienone is 2. The molecule has 0 saturated heterocycles. The average Bonchev–Trinajstić information content (AvgIpc) is 2.16. The first-order chi connectivity index (χ1) is 6.41. The van der Waals surface area contributed by atoms with Crippen molar-refractivity contribution in [3.05, 3.63) is 26.0 Å². The van der Waals surface area contributed by atoms with Gasteiger partial charge in [0, 0.05) is 0 Å². The zero-order chi connectivity index (χ0) is 9.78. The summed E-state index contributed by atoms with van der Waals surface area (Å²) in [6, 6.07) is 0. The van der Waals surface area contributed by atoms with E-state index >= 15 is 0 Å². The Labute approximate surface area is 84.4 Å². The molecule has 0 aliphatic rings. The van der Waals surface area contributed by atoms with Gasteiger partial charge < -0.3 is 0 Å². The van der Waals surface area contributed by atoms with Crippen LogP contribution in [0.15, 0.2) is 12.2 Å². The van der Waals surface area contributed by atoms with E-state index in [0.29, 0.717) is 0 Å². The minimum absolute atomic E-state index is 1.03. The third-order valence-electron chi connectivity index (χ3n) is 2.16. The molecule has 0 spiro atoms. The van der Waals surface area contributed by atoms with Crippen molar-refractivity contribution in [1.82, 2.24) is 0 Å². The Kier molecular flexibility index (Phi) is 11.5. The van der Waals surface area contributed by atoms with Crippen LogP contribution in [0.2, 0.25) is 0 Å². The molecule has 0 saturated carbocycles. The Morgan fingerprint density at radius 3 is 1.92 bits per heavy atom. The molecule has 0 aliphatic heterocycles. The predicted molar refractivity (Wildman–Crippen MR) is 61.4 cm³/mol. The van der Waals surface area contributed by atoms with Gasteiger partial charge in [-0.05, 0) is 25.7 Å². The molecule has 0 rings (SSSR count). The third kappa shape index (κ3) is 11.7. The Morgan fingerprint density at radius 2 is 1.23 bits per heavy atom. The third-order valence-corrected chi connectivity index (χ3v) is 2.16. The van der Waals surface area contributed by atoms with Crippen LogP contribution in [-0.2, 0) is 0 Å². The van der Waals surface area contributed by atoms with E-state index in [2.05, 4.69) is 26.0 Å². The predicted octanol–water partition coefficient (Wildman–Crippen LogP) is 4.72. The van der Waals surface area contributed by atoms with E-state index in [1.54, 1.807) is 0 Å². The topological polar surface area (TPSA) is 0 Å². The van der Waals surface area contributed by atoms with Crippen molar-refractivity contribution in [3.63, 3.8) is 0 Å². The molecule has 0 amide bonds. The van der Waals surface area contributed by atoms with Crippen LogP contribution in [-0.4, -0.2) is 0 Å². The Bertz CT molecular complexity index is 103. The molecule has 0 aliphatic carbocycles. The molecule has 13 heavy (non-hydrogen) atoms. The van der Waals surface area contributed by atoms with Crippen molar-refractivity contribution < 1.29 is 0 Å². The van der Waals surface area contributed by atoms with Crippen LogP contribution in [0.25, 0.3) is 0 Å². The van der Waals surface area contributed by atoms with Gasteiger partial charge in [-0.25, -0.2) is 0 Å². The Balaban J connectivity index is 2.91. The highest BCUT2D eigenvalue weighted by atomic mass is 13.9. The summed E-state index contributed by atoms with van der Waals surface area (Å²) < 4.78 is 0. The Hall–Kier alpha value is -0.260. The molecule has 76 valence electrons. The fourth-order valence-electron chi connectivity index (χ4n) is 1.32. The van der Waals surface area contributed by atoms with E-state index in [4.69, 9.17) is 0 Å². The molecule has 0 heterocycles. The monoisotopic (exact) mass is 180 g/mol. The highest BCUT2D eigenvalue weighted by Crippen LogP contribution is 2.07. The minimum Gasteiger partial charge on any atom is -0.0885 e. The highest BCUT2D eigenvalue weighted by Gasteiger charge is 1.87. The van der Waals surface area contributed by atoms with Crippen LogP contribution >= 0.6 is 0 Å². The van der Waals surface area contributed by atoms with Gasteiger partial charge in [-0.15, -0.1) is 0 Å². The van der Waals surface area contributed by atoms with Crippen molar-refractivity contribution in [3.8, 4) is 0 Å². The van der Waals surface area contributed by atoms with E-state index in [9.17, 15) is 0 Å². The van der Waals surface area contributed by atoms with E-state index in [-0.39, 0.29) is 0 Å². The number of unbranched alkanes of at least 4 members (excludes halogenated alkanes) is 7. The number of hydrogen-bond donors (Lipinski definition) is 0. The molecule has 0 N–H and O–H groups in total. The van der Waals surface area contributed by atoms with Gasteiger partial charge in [0.1, 0.15) is 0 Å². The molecular weight excluding hydrogens is 156 g/mol. The molecule has 0 unspecified atom stereocenters. The van der Waals surface area contributed by atoms with E-state index in [0.717, 1.165) is 19.3 Å². The van der Waals surface area contributed by atoms with Crippen molar-refractivity contribution in [2.45, 2.75) is 57.8 Å². The summed E-state index contributed by atoms with van der Waals surface area (Å²) in [5.41, 5.74) is 0. The zero-order valence-corrected chi connectivity index (χ0v) is 8.93. The van der Waals surface area contributed by atoms with Crippen LogP contribution in [0.3, 0.4) is 0 Å². The van der Waals surface area contributed by atoms with Crippen molar-refractivity contribution >= 4 is 0 Å². The second-order valence-corrected chi connectivity index (χ2v) is 3.52. The standard InChI is InChI=1S/C13H24/c1-3-5-7-9-11-13-12-10-8-6-4-2/h7,9H,1-6,8,10-13H2. The first-order valence-electron chi connectivity index (χ1n) is 5.65. The maximum absolute atomic E-state index is 3.84. The molecule has 0 heteroatoms. The molecule has 0 bridgehead atoms. The zero-order valence-electron chi connectivity index (χ0n) is 8.93. The lowest BCUT2D eigenvalue weighted by Crippen LogP contribution is -1.77. The second kappa shape index (κ2) is 11.7. The highest BCUT2D eigenvalue weighted by molar-refractivity contribution is 4.81. The quantitative estimate of drug-likeness (QED) is 0.356. The minimum atomic E-state index is 1.03.